The summed E-state index contributed by atoms with van der Waals surface area (Å²) in [5.74, 6) is -4.63. The van der Waals surface area contributed by atoms with Crippen molar-refractivity contribution in [1.29, 1.82) is 0 Å². The third kappa shape index (κ3) is 5.32. The molecule has 0 atom stereocenters. The van der Waals surface area contributed by atoms with E-state index in [9.17, 15) is 27.2 Å². The topological polar surface area (TPSA) is 40.6 Å². The van der Waals surface area contributed by atoms with Gasteiger partial charge in [0.1, 0.15) is 0 Å². The van der Waals surface area contributed by atoms with E-state index in [4.69, 9.17) is 0 Å². The number of para-hydroxylation sites is 1. The normalized spacial score (nSPS) is 16.1. The number of benzene rings is 3. The van der Waals surface area contributed by atoms with Crippen LogP contribution in [0.2, 0.25) is 0 Å². The number of rotatable bonds is 3. The lowest BCUT2D eigenvalue weighted by Gasteiger charge is -2.33. The molecule has 1 heterocycles. The van der Waals surface area contributed by atoms with Gasteiger partial charge in [0.15, 0.2) is 29.1 Å². The predicted molar refractivity (Wildman–Crippen MR) is 125 cm³/mol. The van der Waals surface area contributed by atoms with Gasteiger partial charge in [-0.05, 0) is 59.7 Å². The molecule has 0 saturated carbocycles. The van der Waals surface area contributed by atoms with E-state index < -0.39 is 35.1 Å². The summed E-state index contributed by atoms with van der Waals surface area (Å²) < 4.78 is 54.2. The molecule has 0 N–H and O–H groups in total. The Balaban J connectivity index is 1.73. The Kier molecular flexibility index (Phi) is 6.82. The van der Waals surface area contributed by atoms with Crippen molar-refractivity contribution in [3.8, 4) is 0 Å². The SMILES string of the molecule is CN(C(=O)N1C/C(=C\c2ccc(F)c(F)c2)C(=O)/C(=C/c2ccc(F)c(F)c2)C1)c1ccccc1. The van der Waals surface area contributed by atoms with Crippen LogP contribution < -0.4 is 4.90 Å². The zero-order chi connectivity index (χ0) is 25.1. The first kappa shape index (κ1) is 23.9. The summed E-state index contributed by atoms with van der Waals surface area (Å²) in [5, 5.41) is 0. The molecule has 0 unspecified atom stereocenters. The minimum atomic E-state index is -1.07. The number of piperidine rings is 1. The first-order valence-corrected chi connectivity index (χ1v) is 10.7. The highest BCUT2D eigenvalue weighted by molar-refractivity contribution is 6.15. The highest BCUT2D eigenvalue weighted by Gasteiger charge is 2.31. The molecule has 3 aromatic carbocycles. The standard InChI is InChI=1S/C27H20F4N2O2/c1-32(21-5-3-2-4-6-21)27(35)33-15-19(11-17-7-9-22(28)24(30)13-17)26(34)20(16-33)12-18-8-10-23(29)25(31)14-18/h2-14H,15-16H2,1H3/b19-11+,20-12+. The first-order valence-electron chi connectivity index (χ1n) is 10.7. The van der Waals surface area contributed by atoms with Gasteiger partial charge in [0.05, 0.1) is 13.1 Å². The number of hydrogen-bond acceptors (Lipinski definition) is 2. The second-order valence-electron chi connectivity index (χ2n) is 8.05. The number of hydrogen-bond donors (Lipinski definition) is 0. The lowest BCUT2D eigenvalue weighted by atomic mass is 9.94. The highest BCUT2D eigenvalue weighted by atomic mass is 19.2. The number of likely N-dealkylation sites (tertiary alicyclic amines) is 1. The molecule has 0 bridgehead atoms. The van der Waals surface area contributed by atoms with Gasteiger partial charge in [-0.15, -0.1) is 0 Å². The van der Waals surface area contributed by atoms with Crippen molar-refractivity contribution in [3.05, 3.63) is 112 Å². The Morgan fingerprint density at radius 1 is 0.771 bits per heavy atom. The van der Waals surface area contributed by atoms with E-state index in [1.54, 1.807) is 31.3 Å². The van der Waals surface area contributed by atoms with E-state index in [0.717, 1.165) is 24.3 Å². The average Bonchev–Trinajstić information content (AvgIpc) is 2.85. The summed E-state index contributed by atoms with van der Waals surface area (Å²) in [6.07, 6.45) is 2.76. The molecular formula is C27H20F4N2O2. The maximum atomic E-state index is 13.7. The Morgan fingerprint density at radius 2 is 1.26 bits per heavy atom. The second kappa shape index (κ2) is 9.97. The first-order chi connectivity index (χ1) is 16.7. The van der Waals surface area contributed by atoms with Gasteiger partial charge in [-0.2, -0.15) is 0 Å². The van der Waals surface area contributed by atoms with Gasteiger partial charge < -0.3 is 4.90 Å². The fourth-order valence-electron chi connectivity index (χ4n) is 3.76. The van der Waals surface area contributed by atoms with Gasteiger partial charge in [0.25, 0.3) is 0 Å². The van der Waals surface area contributed by atoms with Crippen LogP contribution in [-0.4, -0.2) is 36.9 Å². The van der Waals surface area contributed by atoms with Crippen LogP contribution in [0.25, 0.3) is 12.2 Å². The number of nitrogens with zero attached hydrogens (tertiary/aromatic N) is 2. The van der Waals surface area contributed by atoms with E-state index in [1.165, 1.54) is 34.1 Å². The van der Waals surface area contributed by atoms with E-state index in [1.807, 2.05) is 6.07 Å². The molecule has 4 rings (SSSR count). The molecule has 8 heteroatoms. The number of carbonyl (C=O) groups is 2. The Bertz CT molecular complexity index is 1280. The molecule has 4 nitrogen and oxygen atoms in total. The van der Waals surface area contributed by atoms with Crippen molar-refractivity contribution in [1.82, 2.24) is 4.90 Å². The van der Waals surface area contributed by atoms with Crippen LogP contribution in [0.1, 0.15) is 11.1 Å². The summed E-state index contributed by atoms with van der Waals surface area (Å²) >= 11 is 0. The minimum absolute atomic E-state index is 0.0804. The molecule has 1 saturated heterocycles. The number of ketones is 1. The fraction of sp³-hybridized carbons (Fsp3) is 0.111. The summed E-state index contributed by atoms with van der Waals surface area (Å²) in [6, 6.07) is 14.9. The van der Waals surface area contributed by atoms with Gasteiger partial charge in [-0.25, -0.2) is 22.4 Å². The molecule has 3 aromatic rings. The van der Waals surface area contributed by atoms with Crippen LogP contribution in [0.15, 0.2) is 77.9 Å². The molecule has 2 amide bonds. The van der Waals surface area contributed by atoms with Crippen LogP contribution in [0.4, 0.5) is 28.0 Å². The van der Waals surface area contributed by atoms with E-state index in [-0.39, 0.29) is 35.4 Å². The summed E-state index contributed by atoms with van der Waals surface area (Å²) in [5.41, 5.74) is 1.43. The average molecular weight is 480 g/mol. The molecule has 0 spiro atoms. The van der Waals surface area contributed by atoms with Crippen molar-refractivity contribution in [2.24, 2.45) is 0 Å². The van der Waals surface area contributed by atoms with Crippen molar-refractivity contribution < 1.29 is 27.2 Å². The number of halogens is 4. The van der Waals surface area contributed by atoms with Crippen LogP contribution in [0.3, 0.4) is 0 Å². The van der Waals surface area contributed by atoms with Crippen LogP contribution in [0.5, 0.6) is 0 Å². The van der Waals surface area contributed by atoms with Gasteiger partial charge >= 0.3 is 6.03 Å². The van der Waals surface area contributed by atoms with E-state index in [0.29, 0.717) is 5.69 Å². The third-order valence-corrected chi connectivity index (χ3v) is 5.58. The molecule has 35 heavy (non-hydrogen) atoms. The van der Waals surface area contributed by atoms with Crippen LogP contribution in [0, 0.1) is 23.3 Å². The quantitative estimate of drug-likeness (QED) is 0.349. The third-order valence-electron chi connectivity index (χ3n) is 5.58. The molecule has 1 fully saturated rings. The lowest BCUT2D eigenvalue weighted by Crippen LogP contribution is -2.47. The van der Waals surface area contributed by atoms with Crippen molar-refractivity contribution >= 4 is 29.7 Å². The maximum absolute atomic E-state index is 13.7. The number of Topliss-reactive ketones (excluding diaryl/α,β-unsaturated/α-hetero) is 1. The predicted octanol–water partition coefficient (Wildman–Crippen LogP) is 5.85. The summed E-state index contributed by atoms with van der Waals surface area (Å²) in [7, 11) is 1.59. The molecule has 0 radical (unpaired) electrons. The van der Waals surface area contributed by atoms with Crippen molar-refractivity contribution in [3.63, 3.8) is 0 Å². The molecular weight excluding hydrogens is 460 g/mol. The summed E-state index contributed by atoms with van der Waals surface area (Å²) in [4.78, 5) is 29.3. The van der Waals surface area contributed by atoms with E-state index in [2.05, 4.69) is 0 Å². The Labute approximate surface area is 199 Å². The Hall–Kier alpha value is -4.20. The molecule has 178 valence electrons. The molecule has 0 aromatic heterocycles. The zero-order valence-electron chi connectivity index (χ0n) is 18.6. The molecule has 0 aliphatic carbocycles. The number of carbonyl (C=O) groups excluding carboxylic acids is 2. The largest absolute Gasteiger partial charge is 0.324 e. The van der Waals surface area contributed by atoms with Crippen molar-refractivity contribution in [2.45, 2.75) is 0 Å². The van der Waals surface area contributed by atoms with Gasteiger partial charge in [-0.1, -0.05) is 30.3 Å². The fourth-order valence-corrected chi connectivity index (χ4v) is 3.76. The second-order valence-corrected chi connectivity index (χ2v) is 8.05. The van der Waals surface area contributed by atoms with E-state index >= 15 is 0 Å². The molecule has 1 aliphatic heterocycles. The number of anilines is 1. The number of amides is 2. The summed E-state index contributed by atoms with van der Waals surface area (Å²) in [6.45, 7) is -0.161. The Morgan fingerprint density at radius 3 is 1.71 bits per heavy atom. The maximum Gasteiger partial charge on any atom is 0.324 e. The van der Waals surface area contributed by atoms with Gasteiger partial charge in [0, 0.05) is 23.9 Å². The van der Waals surface area contributed by atoms with Crippen LogP contribution >= 0.6 is 0 Å². The van der Waals surface area contributed by atoms with Crippen LogP contribution in [-0.2, 0) is 4.79 Å². The monoisotopic (exact) mass is 480 g/mol. The smallest absolute Gasteiger partial charge is 0.315 e. The van der Waals surface area contributed by atoms with Gasteiger partial charge in [-0.3, -0.25) is 9.69 Å². The number of urea groups is 1. The molecule has 1 aliphatic rings. The highest BCUT2D eigenvalue weighted by Crippen LogP contribution is 2.25. The zero-order valence-corrected chi connectivity index (χ0v) is 18.6. The van der Waals surface area contributed by atoms with Crippen molar-refractivity contribution in [2.75, 3.05) is 25.0 Å². The van der Waals surface area contributed by atoms with Gasteiger partial charge in [0.2, 0.25) is 0 Å². The lowest BCUT2D eigenvalue weighted by molar-refractivity contribution is -0.113. The minimum Gasteiger partial charge on any atom is -0.315 e.